The predicted octanol–water partition coefficient (Wildman–Crippen LogP) is -0.223. The summed E-state index contributed by atoms with van der Waals surface area (Å²) in [4.78, 5) is 24.7. The van der Waals surface area contributed by atoms with Gasteiger partial charge in [-0.05, 0) is 26.3 Å². The van der Waals surface area contributed by atoms with Crippen molar-refractivity contribution in [2.24, 2.45) is 0 Å². The second-order valence-electron chi connectivity index (χ2n) is 4.17. The number of likely N-dealkylation sites (tertiary alicyclic amines) is 1. The average molecular weight is 258 g/mol. The molecular weight excluding hydrogens is 236 g/mol. The van der Waals surface area contributed by atoms with Crippen LogP contribution in [-0.2, 0) is 19.1 Å². The Bertz CT molecular complexity index is 283. The van der Waals surface area contributed by atoms with Crippen LogP contribution in [0.25, 0.3) is 0 Å². The molecule has 0 saturated carbocycles. The third-order valence-corrected chi connectivity index (χ3v) is 2.96. The molecule has 0 radical (unpaired) electrons. The Morgan fingerprint density at radius 2 is 2.22 bits per heavy atom. The van der Waals surface area contributed by atoms with Gasteiger partial charge in [0.2, 0.25) is 5.91 Å². The quantitative estimate of drug-likeness (QED) is 0.505. The van der Waals surface area contributed by atoms with Gasteiger partial charge in [-0.1, -0.05) is 0 Å². The summed E-state index contributed by atoms with van der Waals surface area (Å²) in [5.41, 5.74) is 0. The Morgan fingerprint density at radius 3 is 2.89 bits per heavy atom. The van der Waals surface area contributed by atoms with Gasteiger partial charge in [-0.3, -0.25) is 9.69 Å². The highest BCUT2D eigenvalue weighted by Crippen LogP contribution is 2.16. The molecule has 0 bridgehead atoms. The van der Waals surface area contributed by atoms with E-state index in [1.165, 1.54) is 0 Å². The van der Waals surface area contributed by atoms with Crippen molar-refractivity contribution in [2.75, 3.05) is 40.0 Å². The van der Waals surface area contributed by atoms with Crippen LogP contribution in [-0.4, -0.2) is 62.8 Å². The summed E-state index contributed by atoms with van der Waals surface area (Å²) in [7, 11) is 1.65. The number of esters is 1. The minimum absolute atomic E-state index is 0.0215. The fourth-order valence-corrected chi connectivity index (χ4v) is 2.10. The van der Waals surface area contributed by atoms with Gasteiger partial charge in [-0.25, -0.2) is 4.79 Å². The largest absolute Gasteiger partial charge is 0.464 e. The molecule has 0 aromatic carbocycles. The lowest BCUT2D eigenvalue weighted by molar-refractivity contribution is -0.148. The third-order valence-electron chi connectivity index (χ3n) is 2.96. The number of hydrogen-bond acceptors (Lipinski definition) is 5. The van der Waals surface area contributed by atoms with E-state index in [0.717, 1.165) is 19.4 Å². The molecule has 1 heterocycles. The molecule has 0 spiro atoms. The molecule has 6 nitrogen and oxygen atoms in total. The number of carbonyl (C=O) groups is 2. The number of carbonyl (C=O) groups excluding carboxylic acids is 2. The number of ether oxygens (including phenoxy) is 2. The third kappa shape index (κ3) is 4.62. The SMILES string of the molecule is CCOC(=O)COCCN1CCCC1C(=O)NC. The molecule has 1 unspecified atom stereocenters. The smallest absolute Gasteiger partial charge is 0.332 e. The molecule has 0 aromatic rings. The van der Waals surface area contributed by atoms with Crippen LogP contribution >= 0.6 is 0 Å². The number of likely N-dealkylation sites (N-methyl/N-ethyl adjacent to an activating group) is 1. The van der Waals surface area contributed by atoms with Crippen LogP contribution in [0, 0.1) is 0 Å². The first kappa shape index (κ1) is 14.9. The van der Waals surface area contributed by atoms with Gasteiger partial charge in [-0.2, -0.15) is 0 Å². The fraction of sp³-hybridized carbons (Fsp3) is 0.833. The molecule has 1 fully saturated rings. The summed E-state index contributed by atoms with van der Waals surface area (Å²) >= 11 is 0. The van der Waals surface area contributed by atoms with Crippen molar-refractivity contribution >= 4 is 11.9 Å². The lowest BCUT2D eigenvalue weighted by atomic mass is 10.2. The maximum atomic E-state index is 11.6. The zero-order chi connectivity index (χ0) is 13.4. The van der Waals surface area contributed by atoms with Gasteiger partial charge >= 0.3 is 5.97 Å². The number of nitrogens with one attached hydrogen (secondary N) is 1. The van der Waals surface area contributed by atoms with Crippen LogP contribution in [0.3, 0.4) is 0 Å². The topological polar surface area (TPSA) is 67.9 Å². The highest BCUT2D eigenvalue weighted by Gasteiger charge is 2.29. The number of hydrogen-bond donors (Lipinski definition) is 1. The molecule has 1 aliphatic heterocycles. The zero-order valence-corrected chi connectivity index (χ0v) is 11.1. The Balaban J connectivity index is 2.18. The summed E-state index contributed by atoms with van der Waals surface area (Å²) in [5, 5.41) is 2.67. The van der Waals surface area contributed by atoms with E-state index < -0.39 is 0 Å². The van der Waals surface area contributed by atoms with Crippen molar-refractivity contribution in [2.45, 2.75) is 25.8 Å². The molecule has 18 heavy (non-hydrogen) atoms. The standard InChI is InChI=1S/C12H22N2O4/c1-3-18-11(15)9-17-8-7-14-6-4-5-10(14)12(16)13-2/h10H,3-9H2,1-2H3,(H,13,16). The van der Waals surface area contributed by atoms with E-state index in [2.05, 4.69) is 10.2 Å². The van der Waals surface area contributed by atoms with Gasteiger partial charge in [0.25, 0.3) is 0 Å². The summed E-state index contributed by atoms with van der Waals surface area (Å²) < 4.78 is 9.97. The van der Waals surface area contributed by atoms with Crippen LogP contribution in [0.1, 0.15) is 19.8 Å². The summed E-state index contributed by atoms with van der Waals surface area (Å²) in [6, 6.07) is -0.0545. The Morgan fingerprint density at radius 1 is 1.44 bits per heavy atom. The maximum absolute atomic E-state index is 11.6. The van der Waals surface area contributed by atoms with Crippen molar-refractivity contribution in [1.82, 2.24) is 10.2 Å². The molecule has 1 rings (SSSR count). The van der Waals surface area contributed by atoms with Crippen molar-refractivity contribution in [1.29, 1.82) is 0 Å². The number of rotatable bonds is 7. The molecule has 6 heteroatoms. The van der Waals surface area contributed by atoms with Crippen LogP contribution < -0.4 is 5.32 Å². The second kappa shape index (κ2) is 8.05. The minimum Gasteiger partial charge on any atom is -0.464 e. The van der Waals surface area contributed by atoms with E-state index in [9.17, 15) is 9.59 Å². The van der Waals surface area contributed by atoms with Crippen molar-refractivity contribution in [3.8, 4) is 0 Å². The molecular formula is C12H22N2O4. The lowest BCUT2D eigenvalue weighted by Crippen LogP contribution is -2.43. The van der Waals surface area contributed by atoms with E-state index in [1.807, 2.05) is 0 Å². The molecule has 104 valence electrons. The number of nitrogens with zero attached hydrogens (tertiary/aromatic N) is 1. The Labute approximate surface area is 108 Å². The highest BCUT2D eigenvalue weighted by atomic mass is 16.6. The monoisotopic (exact) mass is 258 g/mol. The summed E-state index contributed by atoms with van der Waals surface area (Å²) in [6.07, 6.45) is 1.91. The predicted molar refractivity (Wildman–Crippen MR) is 66.1 cm³/mol. The van der Waals surface area contributed by atoms with E-state index >= 15 is 0 Å². The number of amides is 1. The van der Waals surface area contributed by atoms with Gasteiger partial charge in [0.15, 0.2) is 0 Å². The summed E-state index contributed by atoms with van der Waals surface area (Å²) in [6.45, 7) is 4.11. The normalized spacial score (nSPS) is 19.8. The second-order valence-corrected chi connectivity index (χ2v) is 4.17. The van der Waals surface area contributed by atoms with Crippen molar-refractivity contribution in [3.63, 3.8) is 0 Å². The molecule has 0 aliphatic carbocycles. The van der Waals surface area contributed by atoms with Gasteiger partial charge in [0.05, 0.1) is 19.3 Å². The van der Waals surface area contributed by atoms with Crippen molar-refractivity contribution in [3.05, 3.63) is 0 Å². The zero-order valence-electron chi connectivity index (χ0n) is 11.1. The molecule has 1 aliphatic rings. The Hall–Kier alpha value is -1.14. The van der Waals surface area contributed by atoms with Crippen LogP contribution in [0.5, 0.6) is 0 Å². The van der Waals surface area contributed by atoms with E-state index in [1.54, 1.807) is 14.0 Å². The van der Waals surface area contributed by atoms with E-state index in [0.29, 0.717) is 19.8 Å². The summed E-state index contributed by atoms with van der Waals surface area (Å²) in [5.74, 6) is -0.292. The van der Waals surface area contributed by atoms with Crippen molar-refractivity contribution < 1.29 is 19.1 Å². The van der Waals surface area contributed by atoms with Crippen LogP contribution in [0.4, 0.5) is 0 Å². The van der Waals surface area contributed by atoms with Gasteiger partial charge < -0.3 is 14.8 Å². The maximum Gasteiger partial charge on any atom is 0.332 e. The van der Waals surface area contributed by atoms with E-state index in [-0.39, 0.29) is 24.5 Å². The van der Waals surface area contributed by atoms with Crippen LogP contribution in [0.2, 0.25) is 0 Å². The van der Waals surface area contributed by atoms with Gasteiger partial charge in [0, 0.05) is 13.6 Å². The first-order valence-corrected chi connectivity index (χ1v) is 6.38. The Kier molecular flexibility index (Phi) is 6.67. The van der Waals surface area contributed by atoms with Crippen LogP contribution in [0.15, 0.2) is 0 Å². The molecule has 1 N–H and O–H groups in total. The molecule has 1 atom stereocenters. The van der Waals surface area contributed by atoms with E-state index in [4.69, 9.17) is 9.47 Å². The molecule has 1 amide bonds. The highest BCUT2D eigenvalue weighted by molar-refractivity contribution is 5.81. The average Bonchev–Trinajstić information content (AvgIpc) is 2.82. The first-order chi connectivity index (χ1) is 8.69. The fourth-order valence-electron chi connectivity index (χ4n) is 2.10. The molecule has 0 aromatic heterocycles. The lowest BCUT2D eigenvalue weighted by Gasteiger charge is -2.22. The van der Waals surface area contributed by atoms with Gasteiger partial charge in [0.1, 0.15) is 6.61 Å². The van der Waals surface area contributed by atoms with Gasteiger partial charge in [-0.15, -0.1) is 0 Å². The molecule has 1 saturated heterocycles. The first-order valence-electron chi connectivity index (χ1n) is 6.38. The minimum atomic E-state index is -0.346.